The quantitative estimate of drug-likeness (QED) is 0.00265. The Labute approximate surface area is 943 Å². The Morgan fingerprint density at radius 2 is 0.782 bits per heavy atom. The second kappa shape index (κ2) is 76.6. The Morgan fingerprint density at radius 3 is 1.12 bits per heavy atom. The second-order valence-electron chi connectivity index (χ2n) is 29.0. The minimum atomic E-state index is -4.37. The van der Waals surface area contributed by atoms with Crippen molar-refractivity contribution in [3.63, 3.8) is 0 Å². The van der Waals surface area contributed by atoms with E-state index >= 15 is 0 Å². The number of aromatic hydroxyl groups is 2. The van der Waals surface area contributed by atoms with Crippen LogP contribution in [-0.2, 0) is 60.8 Å². The Bertz CT molecular complexity index is 5940. The molecule has 0 bridgehead atoms. The van der Waals surface area contributed by atoms with E-state index in [2.05, 4.69) is 179 Å². The van der Waals surface area contributed by atoms with Crippen LogP contribution in [0.15, 0.2) is 265 Å². The SMILES string of the molecule is Brc1ccc(SSc2ccc(Br)cc2)cc1.C.CCCCC#N.CCCCC(N)=Nc1c(OC)cccc1OC.CCCCc1nc(O)c(S(=O)(=O)c2ccc(Br)cc2)c(=O)n1-c1c(OC)cccc1OC.CCCCc1nc(O)c(Sc2ccc(Br)cc2)c(=O)n1-c1c(OC)cccc1OC.CCOC(=O)C(Sc1ccc(Br)cc1)C(=O)OCC.CCOC(=O)CC(=O)OCC.CC[O-].COc1cccc(OC)c1N.[Na+]. The number of unbranched alkanes of at least 4 members (excludes halogenated alkanes) is 5. The van der Waals surface area contributed by atoms with Crippen molar-refractivity contribution < 1.29 is 129 Å². The van der Waals surface area contributed by atoms with Crippen LogP contribution >= 0.6 is 125 Å². The third-order valence-corrected chi connectivity index (χ3v) is 27.8. The molecule has 11 rings (SSSR count). The van der Waals surface area contributed by atoms with Crippen LogP contribution in [-0.4, -0.2) is 163 Å². The van der Waals surface area contributed by atoms with Crippen LogP contribution in [0.3, 0.4) is 0 Å². The predicted octanol–water partition coefficient (Wildman–Crippen LogP) is 21.5. The van der Waals surface area contributed by atoms with Crippen LogP contribution in [0.5, 0.6) is 57.8 Å². The normalized spacial score (nSPS) is 10.2. The number of nitriles is 1. The van der Waals surface area contributed by atoms with E-state index in [1.807, 2.05) is 79.7 Å². The van der Waals surface area contributed by atoms with Crippen molar-refractivity contribution in [3.05, 3.63) is 249 Å². The summed E-state index contributed by atoms with van der Waals surface area (Å²) in [6.07, 6.45) is 9.62. The molecule has 0 fully saturated rings. The summed E-state index contributed by atoms with van der Waals surface area (Å²) in [6, 6.07) is 60.6. The molecular weight excluding hydrogens is 2320 g/mol. The number of thioether (sulfide) groups is 1. The number of aryl methyl sites for hydroxylation is 2. The molecule has 0 amide bonds. The number of methoxy groups -OCH3 is 8. The van der Waals surface area contributed by atoms with Crippen LogP contribution in [0.4, 0.5) is 11.4 Å². The molecular formula is C105H130Br5N8NaO23S5. The number of hydrogen-bond donors (Lipinski definition) is 4. The van der Waals surface area contributed by atoms with E-state index in [9.17, 15) is 47.4 Å². The van der Waals surface area contributed by atoms with Gasteiger partial charge in [0.25, 0.3) is 11.1 Å². The number of aromatic nitrogens is 4. The molecule has 31 nitrogen and oxygen atoms in total. The van der Waals surface area contributed by atoms with E-state index in [1.165, 1.54) is 64.6 Å². The number of aliphatic imine (C=N–C) groups is 1. The van der Waals surface area contributed by atoms with Gasteiger partial charge < -0.3 is 83.6 Å². The Kier molecular flexibility index (Phi) is 70.4. The molecule has 0 aliphatic heterocycles. The van der Waals surface area contributed by atoms with Crippen LogP contribution in [0.2, 0.25) is 0 Å². The van der Waals surface area contributed by atoms with Crippen molar-refractivity contribution in [1.29, 1.82) is 5.26 Å². The summed E-state index contributed by atoms with van der Waals surface area (Å²) in [5.74, 6) is 2.12. The average Bonchev–Trinajstić information content (AvgIpc) is 0.740. The molecule has 2 heterocycles. The van der Waals surface area contributed by atoms with Gasteiger partial charge in [0, 0.05) is 67.6 Å². The fourth-order valence-corrected chi connectivity index (χ4v) is 18.2. The third-order valence-electron chi connectivity index (χ3n) is 18.8. The predicted molar refractivity (Wildman–Crippen MR) is 596 cm³/mol. The number of carbonyl (C=O) groups is 4. The molecule has 0 saturated heterocycles. The number of nitrogens with two attached hydrogens (primary N) is 2. The first-order valence-electron chi connectivity index (χ1n) is 45.6. The number of sulfone groups is 1. The van der Waals surface area contributed by atoms with Gasteiger partial charge in [0.05, 0.1) is 100 Å². The van der Waals surface area contributed by atoms with Crippen molar-refractivity contribution in [2.45, 2.75) is 193 Å². The molecule has 11 aromatic rings. The number of rotatable bonds is 39. The number of carbonyl (C=O) groups excluding carboxylic acids is 4. The minimum absolute atomic E-state index is 0. The van der Waals surface area contributed by atoms with Crippen molar-refractivity contribution >= 4 is 176 Å². The number of hydrogen-bond acceptors (Lipinski definition) is 32. The molecule has 0 spiro atoms. The van der Waals surface area contributed by atoms with Crippen LogP contribution in [0.1, 0.15) is 152 Å². The largest absolute Gasteiger partial charge is 1.00 e. The minimum Gasteiger partial charge on any atom is -0.855 e. The number of amidine groups is 1. The van der Waals surface area contributed by atoms with Gasteiger partial charge in [0.15, 0.2) is 4.90 Å². The summed E-state index contributed by atoms with van der Waals surface area (Å²) in [5.41, 5.74) is 12.1. The fraction of sp³-hybridized carbons (Fsp3) is 0.352. The molecule has 0 unspecified atom stereocenters. The van der Waals surface area contributed by atoms with E-state index < -0.39 is 55.3 Å². The van der Waals surface area contributed by atoms with Crippen LogP contribution in [0, 0.1) is 11.3 Å². The van der Waals surface area contributed by atoms with Gasteiger partial charge in [-0.05, 0) is 223 Å². The van der Waals surface area contributed by atoms with E-state index in [0.29, 0.717) is 98.5 Å². The summed E-state index contributed by atoms with van der Waals surface area (Å²) in [7, 11) is 11.5. The Hall–Kier alpha value is -9.91. The number of halogens is 5. The van der Waals surface area contributed by atoms with Gasteiger partial charge >= 0.3 is 53.4 Å². The van der Waals surface area contributed by atoms with Gasteiger partial charge in [-0.15, -0.1) is 6.61 Å². The molecule has 2 aromatic heterocycles. The molecule has 794 valence electrons. The zero-order valence-electron chi connectivity index (χ0n) is 85.0. The maximum atomic E-state index is 13.7. The van der Waals surface area contributed by atoms with Crippen LogP contribution < -0.4 is 95.1 Å². The van der Waals surface area contributed by atoms with Crippen molar-refractivity contribution in [2.75, 3.05) is 95.6 Å². The first kappa shape index (κ1) is 135. The van der Waals surface area contributed by atoms with Crippen molar-refractivity contribution in [1.82, 2.24) is 19.1 Å². The molecule has 42 heteroatoms. The zero-order chi connectivity index (χ0) is 108. The standard InChI is InChI=1S/C22H23BrN2O6S.C22H23BrN2O4S.C13H15BrO4S.C13H20N2O2.C12H8Br2S2.C8H11NO2.C7H12O4.C5H9N.C2H5O.CH4.Na/c1-4-5-9-18-24-21(26)20(32(28,29)15-12-10-14(23)11-13-15)22(27)25(18)19-16(30-2)7-6-8-17(19)31-3;1-4-5-9-18-24-21(26)20(30-15-12-10-14(23)11-13-15)22(27)25(18)19-16(28-2)7-6-8-17(19)29-3;1-3-17-12(15)11(13(16)18-4-2)19-10-7-5-9(14)6-8-10;1-4-5-9-12(14)15-13-10(16-2)7-6-8-11(13)17-3;13-9-1-5-11(6-2-9)15-16-12-7-3-10(14)4-8-12;1-10-6-4-3-5-7(11-2)8(6)9;1-3-10-6(8)5-7(9)11-4-2;1-2-3-4-5-6;1-2-3;;/h6-8,10-13,26H,4-5,9H2,1-3H3;6-8,10-13,26H,4-5,9H2,1-3H3;5-8,11H,3-4H2,1-2H3;6-8H,4-5,9H2,1-3H3,(H2,14,15);1-8H;3-5H,9H2,1-2H3;3-5H2,1-2H3;2-4H2,1H3;2H2,1H3;1H4;/q;;;;;;;;-1;;+1. The second-order valence-corrected chi connectivity index (χ2v) is 40.1. The molecule has 0 atom stereocenters. The molecule has 0 aliphatic rings. The van der Waals surface area contributed by atoms with Gasteiger partial charge in [0.1, 0.15) is 91.7 Å². The Morgan fingerprint density at radius 1 is 0.463 bits per heavy atom. The maximum absolute atomic E-state index is 13.7. The summed E-state index contributed by atoms with van der Waals surface area (Å²) < 4.78 is 95.2. The molecule has 6 N–H and O–H groups in total. The Balaban J connectivity index is 0.000000869. The average molecular weight is 2460 g/mol. The van der Waals surface area contributed by atoms with Gasteiger partial charge in [-0.1, -0.05) is 217 Å². The van der Waals surface area contributed by atoms with E-state index in [4.69, 9.17) is 69.2 Å². The topological polar surface area (TPSA) is 435 Å². The first-order valence-corrected chi connectivity index (χ1v) is 54.9. The molecule has 147 heavy (non-hydrogen) atoms. The number of esters is 4. The fourth-order valence-electron chi connectivity index (χ4n) is 11.9. The molecule has 0 aliphatic carbocycles. The van der Waals surface area contributed by atoms with Gasteiger partial charge in [-0.25, -0.2) is 13.4 Å². The number of anilines is 1. The third kappa shape index (κ3) is 47.0. The number of nitrogen functional groups attached to an aromatic ring is 1. The van der Waals surface area contributed by atoms with Crippen LogP contribution in [0.25, 0.3) is 11.4 Å². The number of ether oxygens (including phenoxy) is 12. The summed E-state index contributed by atoms with van der Waals surface area (Å²) >= 11 is 19.1. The smallest absolute Gasteiger partial charge is 0.855 e. The van der Waals surface area contributed by atoms with Gasteiger partial charge in [0.2, 0.25) is 26.8 Å². The van der Waals surface area contributed by atoms with E-state index in [1.54, 1.807) is 147 Å². The van der Waals surface area contributed by atoms with Crippen molar-refractivity contribution in [3.8, 4) is 75.2 Å². The van der Waals surface area contributed by atoms with Gasteiger partial charge in [-0.3, -0.25) is 37.9 Å². The van der Waals surface area contributed by atoms with E-state index in [-0.39, 0.29) is 109 Å². The van der Waals surface area contributed by atoms with Crippen molar-refractivity contribution in [2.24, 2.45) is 10.7 Å². The monoisotopic (exact) mass is 2450 g/mol. The van der Waals surface area contributed by atoms with E-state index in [0.717, 1.165) is 102 Å². The first-order chi connectivity index (χ1) is 69.6. The summed E-state index contributed by atoms with van der Waals surface area (Å²) in [5, 5.41) is 37.1. The zero-order valence-corrected chi connectivity index (χ0v) is 99.0. The number of nitrogens with zero attached hydrogens (tertiary/aromatic N) is 6. The summed E-state index contributed by atoms with van der Waals surface area (Å²) in [4.78, 5) is 88.3. The summed E-state index contributed by atoms with van der Waals surface area (Å²) in [6.45, 7) is 17.6. The number of para-hydroxylation sites is 4. The molecule has 9 aromatic carbocycles. The molecule has 0 saturated carbocycles. The number of benzene rings is 9. The maximum Gasteiger partial charge on any atom is 1.00 e. The van der Waals surface area contributed by atoms with Gasteiger partial charge in [-0.2, -0.15) is 15.2 Å². The molecule has 0 radical (unpaired) electrons.